The highest BCUT2D eigenvalue weighted by molar-refractivity contribution is 7.98. The summed E-state index contributed by atoms with van der Waals surface area (Å²) >= 11 is 1.59. The summed E-state index contributed by atoms with van der Waals surface area (Å²) in [6.07, 6.45) is 2.63. The van der Waals surface area contributed by atoms with E-state index in [-0.39, 0.29) is 12.4 Å². The molecule has 1 amide bonds. The maximum absolute atomic E-state index is 12.3. The van der Waals surface area contributed by atoms with Crippen LogP contribution in [0.1, 0.15) is 22.3 Å². The van der Waals surface area contributed by atoms with Crippen LogP contribution in [0, 0.1) is 0 Å². The first-order chi connectivity index (χ1) is 13.1. The number of amides is 1. The highest BCUT2D eigenvalue weighted by atomic mass is 32.2. The Morgan fingerprint density at radius 2 is 2.07 bits per heavy atom. The van der Waals surface area contributed by atoms with Gasteiger partial charge in [-0.1, -0.05) is 18.2 Å². The fourth-order valence-electron chi connectivity index (χ4n) is 2.48. The van der Waals surface area contributed by atoms with Crippen LogP contribution in [0.5, 0.6) is 5.75 Å². The molecule has 27 heavy (non-hydrogen) atoms. The van der Waals surface area contributed by atoms with Crippen molar-refractivity contribution in [3.05, 3.63) is 66.2 Å². The van der Waals surface area contributed by atoms with Crippen LogP contribution < -0.4 is 10.1 Å². The summed E-state index contributed by atoms with van der Waals surface area (Å²) < 4.78 is 6.55. The fraction of sp³-hybridized carbons (Fsp3) is 0.211. The second-order valence-corrected chi connectivity index (χ2v) is 6.64. The zero-order chi connectivity index (χ0) is 19.2. The first-order valence-corrected chi connectivity index (χ1v) is 9.48. The normalized spacial score (nSPS) is 11.8. The van der Waals surface area contributed by atoms with Crippen molar-refractivity contribution < 1.29 is 14.6 Å². The van der Waals surface area contributed by atoms with Gasteiger partial charge in [-0.25, -0.2) is 9.67 Å². The van der Waals surface area contributed by atoms with E-state index in [1.54, 1.807) is 43.1 Å². The molecule has 0 bridgehead atoms. The third-order valence-corrected chi connectivity index (χ3v) is 4.65. The van der Waals surface area contributed by atoms with Crippen LogP contribution in [0.25, 0.3) is 0 Å². The van der Waals surface area contributed by atoms with Gasteiger partial charge in [-0.3, -0.25) is 4.79 Å². The van der Waals surface area contributed by atoms with Gasteiger partial charge < -0.3 is 15.2 Å². The van der Waals surface area contributed by atoms with Gasteiger partial charge in [0, 0.05) is 10.6 Å². The van der Waals surface area contributed by atoms with Crippen LogP contribution in [-0.2, 0) is 6.54 Å². The van der Waals surface area contributed by atoms with Crippen LogP contribution >= 0.6 is 11.8 Å². The molecule has 0 spiro atoms. The maximum Gasteiger partial charge on any atom is 0.295 e. The molecule has 2 N–H and O–H groups in total. The minimum Gasteiger partial charge on any atom is -0.497 e. The van der Waals surface area contributed by atoms with E-state index in [2.05, 4.69) is 15.4 Å². The van der Waals surface area contributed by atoms with Gasteiger partial charge in [0.2, 0.25) is 5.82 Å². The highest BCUT2D eigenvalue weighted by Gasteiger charge is 2.15. The molecule has 140 valence electrons. The second-order valence-electron chi connectivity index (χ2n) is 5.77. The van der Waals surface area contributed by atoms with Gasteiger partial charge in [0.05, 0.1) is 19.8 Å². The quantitative estimate of drug-likeness (QED) is 0.609. The Balaban J connectivity index is 1.63. The van der Waals surface area contributed by atoms with Crippen molar-refractivity contribution in [2.24, 2.45) is 0 Å². The third-order valence-electron chi connectivity index (χ3n) is 3.93. The lowest BCUT2D eigenvalue weighted by atomic mass is 10.1. The van der Waals surface area contributed by atoms with Crippen LogP contribution in [0.3, 0.4) is 0 Å². The van der Waals surface area contributed by atoms with Gasteiger partial charge in [0.25, 0.3) is 5.91 Å². The summed E-state index contributed by atoms with van der Waals surface area (Å²) in [5.41, 5.74) is 1.41. The molecule has 0 radical (unpaired) electrons. The summed E-state index contributed by atoms with van der Waals surface area (Å²) in [4.78, 5) is 17.4. The Labute approximate surface area is 161 Å². The zero-order valence-electron chi connectivity index (χ0n) is 15.0. The van der Waals surface area contributed by atoms with E-state index < -0.39 is 12.0 Å². The first-order valence-electron chi connectivity index (χ1n) is 8.26. The number of benzene rings is 2. The number of aromatic nitrogens is 3. The number of aliphatic hydroxyl groups is 1. The zero-order valence-corrected chi connectivity index (χ0v) is 15.8. The molecule has 0 aliphatic carbocycles. The van der Waals surface area contributed by atoms with Crippen molar-refractivity contribution >= 4 is 23.4 Å². The van der Waals surface area contributed by atoms with Gasteiger partial charge in [-0.05, 0) is 42.2 Å². The smallest absolute Gasteiger partial charge is 0.295 e. The van der Waals surface area contributed by atoms with E-state index in [1.807, 2.05) is 30.5 Å². The molecular weight excluding hydrogens is 364 g/mol. The molecule has 1 aromatic heterocycles. The number of carbonyl (C=O) groups excluding carboxylic acids is 1. The standard InChI is InChI=1S/C19H20N4O3S/c1-26-15-8-6-13(7-9-15)17(24)11-23-12-20-18(22-23)19(25)21-14-4-3-5-16(10-14)27-2/h3-10,12,17,24H,11H2,1-2H3,(H,21,25)/t17-/m1/s1. The minimum atomic E-state index is -0.772. The molecule has 0 unspecified atom stereocenters. The van der Waals surface area contributed by atoms with E-state index in [9.17, 15) is 9.90 Å². The molecule has 3 aromatic rings. The van der Waals surface area contributed by atoms with E-state index in [0.717, 1.165) is 16.2 Å². The number of rotatable bonds is 7. The Bertz CT molecular complexity index is 911. The summed E-state index contributed by atoms with van der Waals surface area (Å²) in [5.74, 6) is 0.369. The second kappa shape index (κ2) is 8.70. The number of hydrogen-bond acceptors (Lipinski definition) is 6. The molecule has 0 aliphatic heterocycles. The van der Waals surface area contributed by atoms with Crippen LogP contribution in [0.15, 0.2) is 59.8 Å². The number of methoxy groups -OCH3 is 1. The highest BCUT2D eigenvalue weighted by Crippen LogP contribution is 2.20. The lowest BCUT2D eigenvalue weighted by molar-refractivity contribution is 0.101. The van der Waals surface area contributed by atoms with Crippen molar-refractivity contribution in [3.63, 3.8) is 0 Å². The summed E-state index contributed by atoms with van der Waals surface area (Å²) in [7, 11) is 1.59. The predicted octanol–water partition coefficient (Wildman–Crippen LogP) is 2.99. The molecule has 7 nitrogen and oxygen atoms in total. The van der Waals surface area contributed by atoms with Crippen molar-refractivity contribution in [3.8, 4) is 5.75 Å². The SMILES string of the molecule is COc1ccc([C@H](O)Cn2cnc(C(=O)Nc3cccc(SC)c3)n2)cc1. The molecule has 0 saturated heterocycles. The molecule has 0 aliphatic rings. The number of ether oxygens (including phenoxy) is 1. The van der Waals surface area contributed by atoms with Gasteiger partial charge in [-0.2, -0.15) is 0 Å². The van der Waals surface area contributed by atoms with Crippen molar-refractivity contribution in [1.29, 1.82) is 0 Å². The lowest BCUT2D eigenvalue weighted by Gasteiger charge is -2.11. The van der Waals surface area contributed by atoms with Crippen LogP contribution in [-0.4, -0.2) is 39.1 Å². The van der Waals surface area contributed by atoms with E-state index in [0.29, 0.717) is 5.69 Å². The average Bonchev–Trinajstić information content (AvgIpc) is 3.17. The van der Waals surface area contributed by atoms with Gasteiger partial charge in [0.1, 0.15) is 12.1 Å². The average molecular weight is 384 g/mol. The predicted molar refractivity (Wildman–Crippen MR) is 104 cm³/mol. The molecule has 1 heterocycles. The van der Waals surface area contributed by atoms with Crippen LogP contribution in [0.4, 0.5) is 5.69 Å². The number of thioether (sulfide) groups is 1. The first kappa shape index (κ1) is 18.9. The fourth-order valence-corrected chi connectivity index (χ4v) is 2.94. The van der Waals surface area contributed by atoms with Gasteiger partial charge >= 0.3 is 0 Å². The number of hydrogen-bond donors (Lipinski definition) is 2. The maximum atomic E-state index is 12.3. The molecule has 2 aromatic carbocycles. The lowest BCUT2D eigenvalue weighted by Crippen LogP contribution is -2.15. The number of nitrogens with zero attached hydrogens (tertiary/aromatic N) is 3. The molecule has 0 fully saturated rings. The summed E-state index contributed by atoms with van der Waals surface area (Å²) in [5, 5.41) is 17.3. The Morgan fingerprint density at radius 3 is 2.78 bits per heavy atom. The molecule has 0 saturated carbocycles. The molecular formula is C19H20N4O3S. The summed E-state index contributed by atoms with van der Waals surface area (Å²) in [6, 6.07) is 14.7. The van der Waals surface area contributed by atoms with Crippen molar-refractivity contribution in [2.75, 3.05) is 18.7 Å². The number of anilines is 1. The number of carbonyl (C=O) groups is 1. The van der Waals surface area contributed by atoms with Crippen LogP contribution in [0.2, 0.25) is 0 Å². The van der Waals surface area contributed by atoms with Gasteiger partial charge in [0.15, 0.2) is 0 Å². The minimum absolute atomic E-state index is 0.0477. The molecule has 1 atom stereocenters. The monoisotopic (exact) mass is 384 g/mol. The van der Waals surface area contributed by atoms with Gasteiger partial charge in [-0.15, -0.1) is 16.9 Å². The van der Waals surface area contributed by atoms with Crippen molar-refractivity contribution in [1.82, 2.24) is 14.8 Å². The Kier molecular flexibility index (Phi) is 6.10. The molecule has 3 rings (SSSR count). The topological polar surface area (TPSA) is 89.3 Å². The van der Waals surface area contributed by atoms with E-state index in [4.69, 9.17) is 4.74 Å². The molecule has 8 heteroatoms. The Hall–Kier alpha value is -2.84. The largest absolute Gasteiger partial charge is 0.497 e. The third kappa shape index (κ3) is 4.87. The van der Waals surface area contributed by atoms with Crippen molar-refractivity contribution in [2.45, 2.75) is 17.5 Å². The van der Waals surface area contributed by atoms with E-state index >= 15 is 0 Å². The summed E-state index contributed by atoms with van der Waals surface area (Å²) in [6.45, 7) is 0.189. The van der Waals surface area contributed by atoms with E-state index in [1.165, 1.54) is 11.0 Å². The Morgan fingerprint density at radius 1 is 1.30 bits per heavy atom. The number of aliphatic hydroxyl groups excluding tert-OH is 1. The number of nitrogens with one attached hydrogen (secondary N) is 1.